The first-order valence-corrected chi connectivity index (χ1v) is 10.3. The third-order valence-corrected chi connectivity index (χ3v) is 5.85. The number of hydrogen-bond acceptors (Lipinski definition) is 4. The normalized spacial score (nSPS) is 20.8. The lowest BCUT2D eigenvalue weighted by atomic mass is 9.94. The highest BCUT2D eigenvalue weighted by molar-refractivity contribution is 8.26. The maximum Gasteiger partial charge on any atom is 0.266 e. The number of carbonyl (C=O) groups excluding carboxylic acids is 1. The Kier molecular flexibility index (Phi) is 6.18. The van der Waals surface area contributed by atoms with E-state index in [1.54, 1.807) is 0 Å². The molecule has 0 atom stereocenters. The minimum atomic E-state index is 0.0713. The van der Waals surface area contributed by atoms with Gasteiger partial charge in [-0.2, -0.15) is 0 Å². The van der Waals surface area contributed by atoms with Gasteiger partial charge in [0.2, 0.25) is 0 Å². The van der Waals surface area contributed by atoms with Crippen LogP contribution in [-0.2, 0) is 4.79 Å². The predicted molar refractivity (Wildman–Crippen MR) is 109 cm³/mol. The number of nitrogens with zero attached hydrogens (tertiary/aromatic N) is 1. The first-order valence-electron chi connectivity index (χ1n) is 9.04. The van der Waals surface area contributed by atoms with E-state index in [1.807, 2.05) is 35.2 Å². The van der Waals surface area contributed by atoms with E-state index in [0.29, 0.717) is 22.9 Å². The van der Waals surface area contributed by atoms with Crippen LogP contribution < -0.4 is 4.74 Å². The molecule has 0 radical (unpaired) electrons. The summed E-state index contributed by atoms with van der Waals surface area (Å²) >= 11 is 6.90. The van der Waals surface area contributed by atoms with Crippen LogP contribution in [-0.4, -0.2) is 27.8 Å². The number of amides is 1. The Balaban J connectivity index is 1.69. The average Bonchev–Trinajstić information content (AvgIpc) is 2.88. The Hall–Kier alpha value is -1.33. The molecule has 0 N–H and O–H groups in total. The van der Waals surface area contributed by atoms with E-state index in [4.69, 9.17) is 17.0 Å². The number of hydrogen-bond donors (Lipinski definition) is 0. The van der Waals surface area contributed by atoms with Gasteiger partial charge in [0, 0.05) is 6.04 Å². The highest BCUT2D eigenvalue weighted by Crippen LogP contribution is 2.37. The molecule has 1 aliphatic heterocycles. The molecular formula is C20H25NO2S2. The Labute approximate surface area is 159 Å². The Morgan fingerprint density at radius 1 is 1.24 bits per heavy atom. The Morgan fingerprint density at radius 3 is 2.56 bits per heavy atom. The third kappa shape index (κ3) is 4.64. The molecule has 2 aliphatic rings. The second-order valence-electron chi connectivity index (χ2n) is 7.12. The van der Waals surface area contributed by atoms with Gasteiger partial charge in [0.15, 0.2) is 0 Å². The lowest BCUT2D eigenvalue weighted by Gasteiger charge is -2.29. The molecule has 1 amide bonds. The summed E-state index contributed by atoms with van der Waals surface area (Å²) in [6.07, 6.45) is 7.74. The molecule has 134 valence electrons. The molecule has 1 saturated heterocycles. The van der Waals surface area contributed by atoms with Crippen LogP contribution in [0.5, 0.6) is 5.75 Å². The van der Waals surface area contributed by atoms with Crippen molar-refractivity contribution in [3.63, 3.8) is 0 Å². The van der Waals surface area contributed by atoms with Crippen molar-refractivity contribution < 1.29 is 9.53 Å². The summed E-state index contributed by atoms with van der Waals surface area (Å²) in [7, 11) is 0. The zero-order valence-electron chi connectivity index (χ0n) is 14.9. The number of benzene rings is 1. The largest absolute Gasteiger partial charge is 0.493 e. The van der Waals surface area contributed by atoms with Crippen molar-refractivity contribution in [2.24, 2.45) is 5.92 Å². The van der Waals surface area contributed by atoms with E-state index in [-0.39, 0.29) is 5.91 Å². The van der Waals surface area contributed by atoms with Gasteiger partial charge in [0.05, 0.1) is 11.5 Å². The third-order valence-electron chi connectivity index (χ3n) is 4.52. The van der Waals surface area contributed by atoms with Gasteiger partial charge in [-0.1, -0.05) is 69.2 Å². The minimum Gasteiger partial charge on any atom is -0.493 e. The van der Waals surface area contributed by atoms with E-state index in [0.717, 1.165) is 29.1 Å². The molecule has 5 heteroatoms. The van der Waals surface area contributed by atoms with Crippen LogP contribution in [0.2, 0.25) is 0 Å². The van der Waals surface area contributed by atoms with Crippen LogP contribution in [0.25, 0.3) is 6.08 Å². The number of thiocarbonyl (C=S) groups is 1. The van der Waals surface area contributed by atoms with Gasteiger partial charge >= 0.3 is 0 Å². The van der Waals surface area contributed by atoms with Crippen LogP contribution >= 0.6 is 24.0 Å². The van der Waals surface area contributed by atoms with E-state index in [1.165, 1.54) is 31.0 Å². The van der Waals surface area contributed by atoms with Crippen molar-refractivity contribution in [1.29, 1.82) is 0 Å². The van der Waals surface area contributed by atoms with Gasteiger partial charge in [-0.15, -0.1) is 0 Å². The molecule has 25 heavy (non-hydrogen) atoms. The van der Waals surface area contributed by atoms with Crippen LogP contribution in [0, 0.1) is 5.92 Å². The van der Waals surface area contributed by atoms with Gasteiger partial charge in [0.25, 0.3) is 5.91 Å². The van der Waals surface area contributed by atoms with Crippen molar-refractivity contribution in [3.05, 3.63) is 34.7 Å². The maximum absolute atomic E-state index is 12.8. The average molecular weight is 376 g/mol. The molecule has 0 spiro atoms. The lowest BCUT2D eigenvalue weighted by Crippen LogP contribution is -2.39. The minimum absolute atomic E-state index is 0.0713. The quantitative estimate of drug-likeness (QED) is 0.519. The number of rotatable bonds is 5. The molecular weight excluding hydrogens is 350 g/mol. The van der Waals surface area contributed by atoms with Crippen LogP contribution in [0.1, 0.15) is 51.5 Å². The molecule has 1 aliphatic carbocycles. The van der Waals surface area contributed by atoms with Crippen molar-refractivity contribution in [3.8, 4) is 5.75 Å². The van der Waals surface area contributed by atoms with Gasteiger partial charge in [-0.05, 0) is 42.5 Å². The lowest BCUT2D eigenvalue weighted by molar-refractivity contribution is -0.124. The van der Waals surface area contributed by atoms with Crippen molar-refractivity contribution >= 4 is 40.3 Å². The summed E-state index contributed by atoms with van der Waals surface area (Å²) in [6, 6.07) is 8.18. The number of carbonyl (C=O) groups is 1. The topological polar surface area (TPSA) is 29.5 Å². The molecule has 0 aromatic heterocycles. The second-order valence-corrected chi connectivity index (χ2v) is 8.79. The number of ether oxygens (including phenoxy) is 1. The van der Waals surface area contributed by atoms with E-state index < -0.39 is 0 Å². The molecule has 1 aromatic rings. The molecule has 2 fully saturated rings. The van der Waals surface area contributed by atoms with Crippen molar-refractivity contribution in [2.45, 2.75) is 52.0 Å². The highest BCUT2D eigenvalue weighted by atomic mass is 32.2. The zero-order valence-corrected chi connectivity index (χ0v) is 16.5. The number of thioether (sulfide) groups is 1. The first-order chi connectivity index (χ1) is 12.0. The van der Waals surface area contributed by atoms with Gasteiger partial charge < -0.3 is 4.74 Å². The summed E-state index contributed by atoms with van der Waals surface area (Å²) in [6.45, 7) is 4.96. The zero-order chi connectivity index (χ0) is 17.8. The van der Waals surface area contributed by atoms with Gasteiger partial charge in [-0.25, -0.2) is 0 Å². The maximum atomic E-state index is 12.8. The molecule has 1 heterocycles. The van der Waals surface area contributed by atoms with Crippen LogP contribution in [0.4, 0.5) is 0 Å². The summed E-state index contributed by atoms with van der Waals surface area (Å²) < 4.78 is 6.41. The summed E-state index contributed by atoms with van der Waals surface area (Å²) in [5, 5.41) is 0. The van der Waals surface area contributed by atoms with Crippen molar-refractivity contribution in [1.82, 2.24) is 4.90 Å². The molecule has 1 aromatic carbocycles. The molecule has 1 saturated carbocycles. The summed E-state index contributed by atoms with van der Waals surface area (Å²) in [5.41, 5.74) is 1.00. The fraction of sp³-hybridized carbons (Fsp3) is 0.500. The smallest absolute Gasteiger partial charge is 0.266 e. The van der Waals surface area contributed by atoms with Gasteiger partial charge in [-0.3, -0.25) is 9.69 Å². The Morgan fingerprint density at radius 2 is 1.92 bits per heavy atom. The van der Waals surface area contributed by atoms with Crippen LogP contribution in [0.15, 0.2) is 29.2 Å². The fourth-order valence-corrected chi connectivity index (χ4v) is 4.61. The van der Waals surface area contributed by atoms with E-state index >= 15 is 0 Å². The van der Waals surface area contributed by atoms with Crippen LogP contribution in [0.3, 0.4) is 0 Å². The SMILES string of the molecule is CC(C)COc1ccc(/C=C2/SC(=S)N(C3CCCCC3)C2=O)cc1. The second kappa shape index (κ2) is 8.37. The fourth-order valence-electron chi connectivity index (χ4n) is 3.21. The Bertz CT molecular complexity index is 661. The van der Waals surface area contributed by atoms with Crippen molar-refractivity contribution in [2.75, 3.05) is 6.61 Å². The molecule has 3 rings (SSSR count). The predicted octanol–water partition coefficient (Wildman–Crippen LogP) is 5.26. The first kappa shape index (κ1) is 18.5. The van der Waals surface area contributed by atoms with Gasteiger partial charge in [0.1, 0.15) is 10.1 Å². The van der Waals surface area contributed by atoms with E-state index in [2.05, 4.69) is 13.8 Å². The molecule has 0 bridgehead atoms. The monoisotopic (exact) mass is 375 g/mol. The van der Waals surface area contributed by atoms with E-state index in [9.17, 15) is 4.79 Å². The highest BCUT2D eigenvalue weighted by Gasteiger charge is 2.37. The molecule has 0 unspecified atom stereocenters. The molecule has 3 nitrogen and oxygen atoms in total. The summed E-state index contributed by atoms with van der Waals surface area (Å²) in [4.78, 5) is 15.4. The summed E-state index contributed by atoms with van der Waals surface area (Å²) in [5.74, 6) is 1.43. The standard InChI is InChI=1S/C20H25NO2S2/c1-14(2)13-23-17-10-8-15(9-11-17)12-18-19(22)21(20(24)25-18)16-6-4-3-5-7-16/h8-12,14,16H,3-7,13H2,1-2H3/b18-12+.